The molecule has 1 heterocycles. The second-order valence-corrected chi connectivity index (χ2v) is 5.83. The maximum atomic E-state index is 10.3. The minimum absolute atomic E-state index is 0.490. The van der Waals surface area contributed by atoms with Gasteiger partial charge in [0.1, 0.15) is 0 Å². The van der Waals surface area contributed by atoms with E-state index in [1.807, 2.05) is 0 Å². The van der Waals surface area contributed by atoms with Crippen LogP contribution in [0.15, 0.2) is 4.99 Å². The largest absolute Gasteiger partial charge is 0.390 e. The number of aliphatic hydroxyl groups is 1. The van der Waals surface area contributed by atoms with E-state index < -0.39 is 5.60 Å². The standard InChI is InChI=1S/C14H27N3O2/c15-13(17-12-4-2-1-3-5-12)16-9-6-14(18)7-10-19-11-8-14/h12,18H,1-11H2,(H3,15,16,17). The third-order valence-electron chi connectivity index (χ3n) is 4.24. The molecule has 19 heavy (non-hydrogen) atoms. The van der Waals surface area contributed by atoms with Crippen molar-refractivity contribution in [2.45, 2.75) is 63.0 Å². The van der Waals surface area contributed by atoms with Crippen molar-refractivity contribution >= 4 is 5.96 Å². The first-order chi connectivity index (χ1) is 9.18. The second kappa shape index (κ2) is 7.10. The fourth-order valence-corrected chi connectivity index (χ4v) is 2.89. The minimum Gasteiger partial charge on any atom is -0.390 e. The Labute approximate surface area is 115 Å². The summed E-state index contributed by atoms with van der Waals surface area (Å²) in [6, 6.07) is 0.490. The second-order valence-electron chi connectivity index (χ2n) is 5.83. The van der Waals surface area contributed by atoms with Crippen LogP contribution in [0.2, 0.25) is 0 Å². The quantitative estimate of drug-likeness (QED) is 0.528. The lowest BCUT2D eigenvalue weighted by atomic mass is 9.91. The molecule has 0 aromatic rings. The maximum Gasteiger partial charge on any atom is 0.188 e. The molecule has 0 aromatic heterocycles. The first-order valence-corrected chi connectivity index (χ1v) is 7.55. The van der Waals surface area contributed by atoms with Crippen LogP contribution >= 0.6 is 0 Å². The Balaban J connectivity index is 1.68. The molecule has 0 bridgehead atoms. The lowest BCUT2D eigenvalue weighted by molar-refractivity contribution is -0.0662. The number of hydrogen-bond donors (Lipinski definition) is 3. The molecule has 5 heteroatoms. The number of nitrogens with two attached hydrogens (primary N) is 1. The molecule has 2 rings (SSSR count). The molecule has 1 saturated carbocycles. The molecule has 5 nitrogen and oxygen atoms in total. The Hall–Kier alpha value is -0.810. The van der Waals surface area contributed by atoms with Gasteiger partial charge in [0, 0.05) is 25.8 Å². The highest BCUT2D eigenvalue weighted by molar-refractivity contribution is 5.78. The summed E-state index contributed by atoms with van der Waals surface area (Å²) in [5, 5.41) is 13.6. The summed E-state index contributed by atoms with van der Waals surface area (Å²) in [4.78, 5) is 4.34. The van der Waals surface area contributed by atoms with E-state index in [-0.39, 0.29) is 0 Å². The van der Waals surface area contributed by atoms with Gasteiger partial charge in [-0.25, -0.2) is 0 Å². The summed E-state index contributed by atoms with van der Waals surface area (Å²) in [5.41, 5.74) is 5.29. The van der Waals surface area contributed by atoms with Gasteiger partial charge in [0.05, 0.1) is 5.60 Å². The average Bonchev–Trinajstić information content (AvgIpc) is 2.40. The molecule has 0 radical (unpaired) electrons. The van der Waals surface area contributed by atoms with Crippen molar-refractivity contribution in [1.82, 2.24) is 5.32 Å². The predicted molar refractivity (Wildman–Crippen MR) is 76.1 cm³/mol. The molecule has 2 aliphatic rings. The van der Waals surface area contributed by atoms with E-state index in [2.05, 4.69) is 10.3 Å². The van der Waals surface area contributed by atoms with Crippen molar-refractivity contribution in [2.75, 3.05) is 19.8 Å². The highest BCUT2D eigenvalue weighted by Crippen LogP contribution is 2.24. The summed E-state index contributed by atoms with van der Waals surface area (Å²) < 4.78 is 5.26. The molecule has 2 fully saturated rings. The first kappa shape index (κ1) is 14.6. The molecule has 0 spiro atoms. The summed E-state index contributed by atoms with van der Waals surface area (Å²) in [6.45, 7) is 1.88. The monoisotopic (exact) mass is 269 g/mol. The van der Waals surface area contributed by atoms with E-state index in [9.17, 15) is 5.11 Å². The Bertz CT molecular complexity index is 295. The highest BCUT2D eigenvalue weighted by Gasteiger charge is 2.29. The van der Waals surface area contributed by atoms with Crippen LogP contribution in [0.5, 0.6) is 0 Å². The zero-order chi connectivity index (χ0) is 13.6. The van der Waals surface area contributed by atoms with Crippen molar-refractivity contribution in [3.05, 3.63) is 0 Å². The fraction of sp³-hybridized carbons (Fsp3) is 0.929. The van der Waals surface area contributed by atoms with E-state index in [4.69, 9.17) is 10.5 Å². The maximum absolute atomic E-state index is 10.3. The van der Waals surface area contributed by atoms with E-state index >= 15 is 0 Å². The highest BCUT2D eigenvalue weighted by atomic mass is 16.5. The Morgan fingerprint density at radius 2 is 1.95 bits per heavy atom. The summed E-state index contributed by atoms with van der Waals surface area (Å²) in [7, 11) is 0. The summed E-state index contributed by atoms with van der Waals surface area (Å²) in [5.74, 6) is 0.530. The molecule has 0 unspecified atom stereocenters. The van der Waals surface area contributed by atoms with E-state index in [0.29, 0.717) is 51.0 Å². The molecule has 1 aliphatic carbocycles. The van der Waals surface area contributed by atoms with Gasteiger partial charge in [0.2, 0.25) is 0 Å². The summed E-state index contributed by atoms with van der Waals surface area (Å²) in [6.07, 6.45) is 8.37. The molecular formula is C14H27N3O2. The smallest absolute Gasteiger partial charge is 0.188 e. The fourth-order valence-electron chi connectivity index (χ4n) is 2.89. The number of rotatable bonds is 4. The minimum atomic E-state index is -0.604. The van der Waals surface area contributed by atoms with Crippen LogP contribution in [0.1, 0.15) is 51.4 Å². The number of ether oxygens (including phenoxy) is 1. The molecule has 4 N–H and O–H groups in total. The number of nitrogens with zero attached hydrogens (tertiary/aromatic N) is 1. The zero-order valence-corrected chi connectivity index (χ0v) is 11.7. The van der Waals surface area contributed by atoms with Crippen LogP contribution in [0.25, 0.3) is 0 Å². The van der Waals surface area contributed by atoms with Crippen LogP contribution in [0.4, 0.5) is 0 Å². The average molecular weight is 269 g/mol. The van der Waals surface area contributed by atoms with Crippen LogP contribution < -0.4 is 11.1 Å². The zero-order valence-electron chi connectivity index (χ0n) is 11.7. The number of hydrogen-bond acceptors (Lipinski definition) is 3. The van der Waals surface area contributed by atoms with Gasteiger partial charge in [-0.1, -0.05) is 19.3 Å². The Morgan fingerprint density at radius 3 is 2.63 bits per heavy atom. The molecule has 0 aromatic carbocycles. The lowest BCUT2D eigenvalue weighted by Gasteiger charge is -2.31. The Kier molecular flexibility index (Phi) is 5.45. The van der Waals surface area contributed by atoms with Crippen molar-refractivity contribution in [2.24, 2.45) is 10.7 Å². The van der Waals surface area contributed by atoms with Gasteiger partial charge in [-0.15, -0.1) is 0 Å². The molecule has 110 valence electrons. The lowest BCUT2D eigenvalue weighted by Crippen LogP contribution is -2.41. The van der Waals surface area contributed by atoms with Crippen LogP contribution in [-0.2, 0) is 4.74 Å². The van der Waals surface area contributed by atoms with Crippen molar-refractivity contribution in [3.63, 3.8) is 0 Å². The number of nitrogens with one attached hydrogen (secondary N) is 1. The first-order valence-electron chi connectivity index (χ1n) is 7.55. The molecule has 0 amide bonds. The van der Waals surface area contributed by atoms with Gasteiger partial charge in [-0.3, -0.25) is 4.99 Å². The summed E-state index contributed by atoms with van der Waals surface area (Å²) >= 11 is 0. The van der Waals surface area contributed by atoms with Crippen LogP contribution in [0, 0.1) is 0 Å². The predicted octanol–water partition coefficient (Wildman–Crippen LogP) is 1.15. The van der Waals surface area contributed by atoms with Gasteiger partial charge >= 0.3 is 0 Å². The molecule has 1 aliphatic heterocycles. The SMILES string of the molecule is NC(=NCCC1(O)CCOCC1)NC1CCCCC1. The number of guanidine groups is 1. The van der Waals surface area contributed by atoms with Crippen molar-refractivity contribution in [3.8, 4) is 0 Å². The van der Waals surface area contributed by atoms with E-state index in [1.54, 1.807) is 0 Å². The third-order valence-corrected chi connectivity index (χ3v) is 4.24. The van der Waals surface area contributed by atoms with Crippen molar-refractivity contribution in [1.29, 1.82) is 0 Å². The Morgan fingerprint density at radius 1 is 1.26 bits per heavy atom. The normalized spacial score (nSPS) is 25.2. The van der Waals surface area contributed by atoms with E-state index in [1.165, 1.54) is 32.1 Å². The van der Waals surface area contributed by atoms with Gasteiger partial charge in [-0.2, -0.15) is 0 Å². The number of aliphatic imine (C=N–C) groups is 1. The molecular weight excluding hydrogens is 242 g/mol. The topological polar surface area (TPSA) is 79.9 Å². The molecule has 1 saturated heterocycles. The van der Waals surface area contributed by atoms with Crippen LogP contribution in [0.3, 0.4) is 0 Å². The van der Waals surface area contributed by atoms with Crippen LogP contribution in [-0.4, -0.2) is 42.5 Å². The third kappa shape index (κ3) is 4.99. The van der Waals surface area contributed by atoms with Gasteiger partial charge in [0.25, 0.3) is 0 Å². The van der Waals surface area contributed by atoms with Gasteiger partial charge < -0.3 is 20.9 Å². The molecule has 0 atom stereocenters. The van der Waals surface area contributed by atoms with Gasteiger partial charge in [0.15, 0.2) is 5.96 Å². The van der Waals surface area contributed by atoms with Gasteiger partial charge in [-0.05, 0) is 32.1 Å². The van der Waals surface area contributed by atoms with E-state index in [0.717, 1.165) is 0 Å². The van der Waals surface area contributed by atoms with Crippen molar-refractivity contribution < 1.29 is 9.84 Å².